The van der Waals surface area contributed by atoms with Gasteiger partial charge >= 0.3 is 0 Å². The highest BCUT2D eigenvalue weighted by atomic mass is 16.1. The van der Waals surface area contributed by atoms with Crippen molar-refractivity contribution < 1.29 is 4.79 Å². The van der Waals surface area contributed by atoms with Crippen LogP contribution < -0.4 is 11.1 Å². The lowest BCUT2D eigenvalue weighted by molar-refractivity contribution is 0.102. The average molecular weight is 277 g/mol. The molecule has 3 N–H and O–H groups in total. The van der Waals surface area contributed by atoms with Gasteiger partial charge in [0.2, 0.25) is 0 Å². The summed E-state index contributed by atoms with van der Waals surface area (Å²) in [5.74, 6) is -0.182. The fourth-order valence-corrected chi connectivity index (χ4v) is 2.19. The molecule has 2 aromatic carbocycles. The zero-order chi connectivity index (χ0) is 14.8. The minimum absolute atomic E-state index is 0.182. The predicted octanol–water partition coefficient (Wildman–Crippen LogP) is 3.38. The first kappa shape index (κ1) is 13.1. The molecule has 0 spiro atoms. The lowest BCUT2D eigenvalue weighted by atomic mass is 10.1. The average Bonchev–Trinajstić information content (AvgIpc) is 2.50. The van der Waals surface area contributed by atoms with E-state index in [1.54, 1.807) is 18.3 Å². The standard InChI is InChI=1S/C17H15N3O/c1-11-7-8-12(10-14(11)18)17(21)20-16-6-2-5-15-13(16)4-3-9-19-15/h2-10H,18H2,1H3,(H,20,21). The van der Waals surface area contributed by atoms with Crippen molar-refractivity contribution in [2.75, 3.05) is 11.1 Å². The van der Waals surface area contributed by atoms with Gasteiger partial charge in [-0.25, -0.2) is 0 Å². The van der Waals surface area contributed by atoms with Crippen molar-refractivity contribution in [2.45, 2.75) is 6.92 Å². The number of fused-ring (bicyclic) bond motifs is 1. The Morgan fingerprint density at radius 2 is 2.00 bits per heavy atom. The topological polar surface area (TPSA) is 68.0 Å². The number of nitrogens with two attached hydrogens (primary N) is 1. The Kier molecular flexibility index (Phi) is 3.28. The van der Waals surface area contributed by atoms with E-state index in [4.69, 9.17) is 5.73 Å². The van der Waals surface area contributed by atoms with Gasteiger partial charge in [0.15, 0.2) is 0 Å². The zero-order valence-corrected chi connectivity index (χ0v) is 11.6. The summed E-state index contributed by atoms with van der Waals surface area (Å²) in [5, 5.41) is 3.82. The van der Waals surface area contributed by atoms with Crippen molar-refractivity contribution in [3.05, 3.63) is 65.9 Å². The molecule has 0 unspecified atom stereocenters. The highest BCUT2D eigenvalue weighted by Gasteiger charge is 2.09. The van der Waals surface area contributed by atoms with Crippen LogP contribution in [0.15, 0.2) is 54.7 Å². The molecular weight excluding hydrogens is 262 g/mol. The van der Waals surface area contributed by atoms with Crippen LogP contribution in [-0.2, 0) is 0 Å². The van der Waals surface area contributed by atoms with Crippen LogP contribution in [0.4, 0.5) is 11.4 Å². The van der Waals surface area contributed by atoms with E-state index in [1.165, 1.54) is 0 Å². The number of amides is 1. The van der Waals surface area contributed by atoms with Crippen LogP contribution in [0.3, 0.4) is 0 Å². The van der Waals surface area contributed by atoms with Gasteiger partial charge in [0.05, 0.1) is 11.2 Å². The summed E-state index contributed by atoms with van der Waals surface area (Å²) >= 11 is 0. The summed E-state index contributed by atoms with van der Waals surface area (Å²) in [6.45, 7) is 1.91. The second-order valence-electron chi connectivity index (χ2n) is 4.90. The van der Waals surface area contributed by atoms with Gasteiger partial charge in [-0.05, 0) is 48.9 Å². The number of nitrogens with one attached hydrogen (secondary N) is 1. The Bertz CT molecular complexity index is 822. The fourth-order valence-electron chi connectivity index (χ4n) is 2.19. The van der Waals surface area contributed by atoms with Gasteiger partial charge in [0.25, 0.3) is 5.91 Å². The van der Waals surface area contributed by atoms with Gasteiger partial charge in [-0.2, -0.15) is 0 Å². The van der Waals surface area contributed by atoms with Crippen LogP contribution in [0, 0.1) is 6.92 Å². The molecule has 0 atom stereocenters. The third kappa shape index (κ3) is 2.56. The molecule has 1 aromatic heterocycles. The second kappa shape index (κ2) is 5.25. The molecule has 0 aliphatic heterocycles. The van der Waals surface area contributed by atoms with Crippen LogP contribution in [-0.4, -0.2) is 10.9 Å². The highest BCUT2D eigenvalue weighted by Crippen LogP contribution is 2.22. The third-order valence-corrected chi connectivity index (χ3v) is 3.44. The normalized spacial score (nSPS) is 10.5. The molecular formula is C17H15N3O. The molecule has 3 aromatic rings. The first-order chi connectivity index (χ1) is 10.1. The lowest BCUT2D eigenvalue weighted by Crippen LogP contribution is -2.12. The number of aryl methyl sites for hydroxylation is 1. The third-order valence-electron chi connectivity index (χ3n) is 3.44. The number of hydrogen-bond acceptors (Lipinski definition) is 3. The predicted molar refractivity (Wildman–Crippen MR) is 85.3 cm³/mol. The number of carbonyl (C=O) groups is 1. The van der Waals surface area contributed by atoms with E-state index in [0.29, 0.717) is 11.3 Å². The molecule has 0 aliphatic rings. The van der Waals surface area contributed by atoms with Gasteiger partial charge in [-0.1, -0.05) is 12.1 Å². The number of carbonyl (C=O) groups excluding carboxylic acids is 1. The molecule has 21 heavy (non-hydrogen) atoms. The van der Waals surface area contributed by atoms with Crippen molar-refractivity contribution in [3.63, 3.8) is 0 Å². The minimum atomic E-state index is -0.182. The molecule has 4 heteroatoms. The first-order valence-electron chi connectivity index (χ1n) is 6.66. The number of rotatable bonds is 2. The molecule has 0 fully saturated rings. The molecule has 0 aliphatic carbocycles. The lowest BCUT2D eigenvalue weighted by Gasteiger charge is -2.09. The van der Waals surface area contributed by atoms with Gasteiger partial charge in [-0.3, -0.25) is 9.78 Å². The molecule has 0 saturated heterocycles. The largest absolute Gasteiger partial charge is 0.398 e. The molecule has 0 bridgehead atoms. The number of aromatic nitrogens is 1. The van der Waals surface area contributed by atoms with E-state index in [1.807, 2.05) is 43.3 Å². The van der Waals surface area contributed by atoms with Gasteiger partial charge < -0.3 is 11.1 Å². The maximum Gasteiger partial charge on any atom is 0.255 e. The number of anilines is 2. The van der Waals surface area contributed by atoms with Gasteiger partial charge in [-0.15, -0.1) is 0 Å². The minimum Gasteiger partial charge on any atom is -0.398 e. The molecule has 3 rings (SSSR count). The number of benzene rings is 2. The summed E-state index contributed by atoms with van der Waals surface area (Å²) in [5.41, 5.74) is 9.55. The van der Waals surface area contributed by atoms with Gasteiger partial charge in [0.1, 0.15) is 0 Å². The molecule has 0 radical (unpaired) electrons. The fraction of sp³-hybridized carbons (Fsp3) is 0.0588. The summed E-state index contributed by atoms with van der Waals surface area (Å²) in [6, 6.07) is 14.7. The van der Waals surface area contributed by atoms with Crippen molar-refractivity contribution in [3.8, 4) is 0 Å². The van der Waals surface area contributed by atoms with E-state index in [-0.39, 0.29) is 5.91 Å². The number of hydrogen-bond donors (Lipinski definition) is 2. The van der Waals surface area contributed by atoms with Crippen LogP contribution >= 0.6 is 0 Å². The maximum atomic E-state index is 12.3. The summed E-state index contributed by atoms with van der Waals surface area (Å²) in [4.78, 5) is 16.6. The summed E-state index contributed by atoms with van der Waals surface area (Å²) in [7, 11) is 0. The number of nitrogen functional groups attached to an aromatic ring is 1. The molecule has 1 heterocycles. The van der Waals surface area contributed by atoms with Crippen LogP contribution in [0.1, 0.15) is 15.9 Å². The van der Waals surface area contributed by atoms with E-state index >= 15 is 0 Å². The van der Waals surface area contributed by atoms with Gasteiger partial charge in [0, 0.05) is 22.8 Å². The molecule has 104 valence electrons. The maximum absolute atomic E-state index is 12.3. The Morgan fingerprint density at radius 1 is 1.14 bits per heavy atom. The van der Waals surface area contributed by atoms with Crippen molar-refractivity contribution in [1.82, 2.24) is 4.98 Å². The smallest absolute Gasteiger partial charge is 0.255 e. The molecule has 4 nitrogen and oxygen atoms in total. The Balaban J connectivity index is 1.94. The SMILES string of the molecule is Cc1ccc(C(=O)Nc2cccc3ncccc23)cc1N. The van der Waals surface area contributed by atoms with Crippen LogP contribution in [0.5, 0.6) is 0 Å². The number of pyridine rings is 1. The second-order valence-corrected chi connectivity index (χ2v) is 4.90. The Morgan fingerprint density at radius 3 is 2.81 bits per heavy atom. The zero-order valence-electron chi connectivity index (χ0n) is 11.6. The number of nitrogens with zero attached hydrogens (tertiary/aromatic N) is 1. The molecule has 1 amide bonds. The first-order valence-corrected chi connectivity index (χ1v) is 6.66. The van der Waals surface area contributed by atoms with E-state index in [2.05, 4.69) is 10.3 Å². The monoisotopic (exact) mass is 277 g/mol. The van der Waals surface area contributed by atoms with Crippen LogP contribution in [0.2, 0.25) is 0 Å². The van der Waals surface area contributed by atoms with Crippen molar-refractivity contribution >= 4 is 28.2 Å². The van der Waals surface area contributed by atoms with E-state index in [9.17, 15) is 4.79 Å². The van der Waals surface area contributed by atoms with E-state index in [0.717, 1.165) is 22.2 Å². The Hall–Kier alpha value is -2.88. The Labute approximate surface area is 122 Å². The summed E-state index contributed by atoms with van der Waals surface area (Å²) in [6.07, 6.45) is 1.73. The molecule has 0 saturated carbocycles. The van der Waals surface area contributed by atoms with Crippen LogP contribution in [0.25, 0.3) is 10.9 Å². The highest BCUT2D eigenvalue weighted by molar-refractivity contribution is 6.09. The van der Waals surface area contributed by atoms with E-state index < -0.39 is 0 Å². The van der Waals surface area contributed by atoms with Crippen molar-refractivity contribution in [1.29, 1.82) is 0 Å². The van der Waals surface area contributed by atoms with Crippen molar-refractivity contribution in [2.24, 2.45) is 0 Å². The quantitative estimate of drug-likeness (QED) is 0.706. The summed E-state index contributed by atoms with van der Waals surface area (Å²) < 4.78 is 0.